The number of aryl methyl sites for hydroxylation is 1. The second-order valence-corrected chi connectivity index (χ2v) is 8.68. The zero-order valence-electron chi connectivity index (χ0n) is 15.5. The van der Waals surface area contributed by atoms with E-state index in [4.69, 9.17) is 0 Å². The van der Waals surface area contributed by atoms with Gasteiger partial charge in [0, 0.05) is 0 Å². The van der Waals surface area contributed by atoms with Gasteiger partial charge in [-0.1, -0.05) is 57.6 Å². The lowest BCUT2D eigenvalue weighted by Gasteiger charge is -2.37. The van der Waals surface area contributed by atoms with E-state index in [1.165, 1.54) is 76.7 Å². The van der Waals surface area contributed by atoms with Crippen LogP contribution in [-0.4, -0.2) is 0 Å². The van der Waals surface area contributed by atoms with Gasteiger partial charge in [0.2, 0.25) is 0 Å². The molecule has 0 N–H and O–H groups in total. The van der Waals surface area contributed by atoms with Crippen molar-refractivity contribution < 1.29 is 4.39 Å². The lowest BCUT2D eigenvalue weighted by atomic mass is 9.69. The van der Waals surface area contributed by atoms with E-state index in [9.17, 15) is 4.39 Å². The van der Waals surface area contributed by atoms with Gasteiger partial charge in [-0.25, -0.2) is 4.39 Å². The summed E-state index contributed by atoms with van der Waals surface area (Å²) in [6, 6.07) is 7.11. The lowest BCUT2D eigenvalue weighted by Crippen LogP contribution is -2.25. The van der Waals surface area contributed by atoms with Crippen molar-refractivity contribution in [2.45, 2.75) is 84.0 Å². The van der Waals surface area contributed by atoms with Gasteiger partial charge >= 0.3 is 0 Å². The molecule has 2 saturated carbocycles. The summed E-state index contributed by atoms with van der Waals surface area (Å²) in [5.41, 5.74) is 1.16. The van der Waals surface area contributed by atoms with E-state index in [0.29, 0.717) is 0 Å². The highest BCUT2D eigenvalue weighted by atomic mass is 19.1. The van der Waals surface area contributed by atoms with Crippen LogP contribution in [0.3, 0.4) is 0 Å². The summed E-state index contributed by atoms with van der Waals surface area (Å²) >= 11 is 0. The van der Waals surface area contributed by atoms with E-state index in [-0.39, 0.29) is 5.82 Å². The third-order valence-electron chi connectivity index (χ3n) is 6.84. The Hall–Kier alpha value is -0.850. The molecule has 0 spiro atoms. The van der Waals surface area contributed by atoms with Crippen LogP contribution < -0.4 is 0 Å². The molecule has 0 atom stereocenters. The molecule has 1 aromatic rings. The summed E-state index contributed by atoms with van der Waals surface area (Å²) in [5, 5.41) is 0. The Labute approximate surface area is 148 Å². The van der Waals surface area contributed by atoms with Crippen molar-refractivity contribution in [3.63, 3.8) is 0 Å². The number of benzene rings is 1. The van der Waals surface area contributed by atoms with E-state index in [2.05, 4.69) is 13.0 Å². The monoisotopic (exact) mass is 330 g/mol. The highest BCUT2D eigenvalue weighted by molar-refractivity contribution is 5.16. The van der Waals surface area contributed by atoms with Crippen molar-refractivity contribution in [1.82, 2.24) is 0 Å². The quantitative estimate of drug-likeness (QED) is 0.485. The number of hydrogen-bond donors (Lipinski definition) is 0. The van der Waals surface area contributed by atoms with E-state index in [1.54, 1.807) is 6.07 Å². The molecule has 0 aliphatic heterocycles. The molecule has 0 amide bonds. The average Bonchev–Trinajstić information content (AvgIpc) is 2.60. The summed E-state index contributed by atoms with van der Waals surface area (Å²) in [5.74, 6) is 3.95. The van der Waals surface area contributed by atoms with Crippen LogP contribution in [0.5, 0.6) is 0 Å². The molecular weight excluding hydrogens is 295 g/mol. The molecule has 0 nitrogen and oxygen atoms in total. The van der Waals surface area contributed by atoms with Crippen molar-refractivity contribution in [3.8, 4) is 0 Å². The molecule has 0 aromatic heterocycles. The first-order chi connectivity index (χ1) is 11.7. The molecule has 134 valence electrons. The van der Waals surface area contributed by atoms with Gasteiger partial charge in [0.15, 0.2) is 0 Å². The minimum Gasteiger partial charge on any atom is -0.207 e. The predicted octanol–water partition coefficient (Wildman–Crippen LogP) is 7.17. The van der Waals surface area contributed by atoms with Gasteiger partial charge in [-0.3, -0.25) is 0 Å². The summed E-state index contributed by atoms with van der Waals surface area (Å²) < 4.78 is 13.2. The summed E-state index contributed by atoms with van der Waals surface area (Å²) in [6.07, 6.45) is 16.8. The predicted molar refractivity (Wildman–Crippen MR) is 101 cm³/mol. The summed E-state index contributed by atoms with van der Waals surface area (Å²) in [4.78, 5) is 0. The number of unbranched alkanes of at least 4 members (excludes halogenated alkanes) is 1. The standard InChI is InChI=1S/C23H35F/c1-18-9-13-21(14-10-18)22-15-11-19(12-16-22)5-2-3-6-20-7-4-8-23(24)17-20/h4,7-8,17-19,21-22H,2-3,5-6,9-16H2,1H3. The van der Waals surface area contributed by atoms with Gasteiger partial charge in [0.25, 0.3) is 0 Å². The third kappa shape index (κ3) is 5.33. The van der Waals surface area contributed by atoms with Crippen LogP contribution >= 0.6 is 0 Å². The maximum atomic E-state index is 13.2. The fourth-order valence-corrected chi connectivity index (χ4v) is 5.16. The van der Waals surface area contributed by atoms with Crippen LogP contribution in [0, 0.1) is 29.5 Å². The first-order valence-corrected chi connectivity index (χ1v) is 10.4. The van der Waals surface area contributed by atoms with Crippen LogP contribution in [-0.2, 0) is 6.42 Å². The molecule has 2 aliphatic rings. The summed E-state index contributed by atoms with van der Waals surface area (Å²) in [6.45, 7) is 2.43. The van der Waals surface area contributed by atoms with Crippen molar-refractivity contribution >= 4 is 0 Å². The molecular formula is C23H35F. The second-order valence-electron chi connectivity index (χ2n) is 8.68. The second kappa shape index (κ2) is 9.02. The minimum atomic E-state index is -0.0945. The van der Waals surface area contributed by atoms with Gasteiger partial charge in [-0.15, -0.1) is 0 Å². The highest BCUT2D eigenvalue weighted by Crippen LogP contribution is 2.42. The van der Waals surface area contributed by atoms with E-state index < -0.39 is 0 Å². The lowest BCUT2D eigenvalue weighted by molar-refractivity contribution is 0.146. The molecule has 1 aromatic carbocycles. The van der Waals surface area contributed by atoms with Crippen molar-refractivity contribution in [2.75, 3.05) is 0 Å². The number of hydrogen-bond acceptors (Lipinski definition) is 0. The van der Waals surface area contributed by atoms with Crippen molar-refractivity contribution in [1.29, 1.82) is 0 Å². The first kappa shape index (κ1) is 18.0. The van der Waals surface area contributed by atoms with E-state index in [0.717, 1.165) is 35.7 Å². The Kier molecular flexibility index (Phi) is 6.75. The van der Waals surface area contributed by atoms with Crippen molar-refractivity contribution in [2.24, 2.45) is 23.7 Å². The Bertz CT molecular complexity index is 479. The average molecular weight is 331 g/mol. The SMILES string of the molecule is CC1CCC(C2CCC(CCCCc3cccc(F)c3)CC2)CC1. The normalized spacial score (nSPS) is 31.1. The van der Waals surface area contributed by atoms with Crippen LogP contribution in [0.15, 0.2) is 24.3 Å². The zero-order chi connectivity index (χ0) is 16.8. The Balaban J connectivity index is 1.30. The maximum Gasteiger partial charge on any atom is 0.123 e. The first-order valence-electron chi connectivity index (χ1n) is 10.4. The van der Waals surface area contributed by atoms with Gasteiger partial charge in [0.1, 0.15) is 5.82 Å². The molecule has 0 heterocycles. The van der Waals surface area contributed by atoms with Crippen LogP contribution in [0.1, 0.15) is 83.1 Å². The van der Waals surface area contributed by atoms with Crippen LogP contribution in [0.2, 0.25) is 0 Å². The Morgan fingerprint density at radius 1 is 0.875 bits per heavy atom. The van der Waals surface area contributed by atoms with E-state index >= 15 is 0 Å². The number of halogens is 1. The van der Waals surface area contributed by atoms with E-state index in [1.807, 2.05) is 6.07 Å². The molecule has 0 saturated heterocycles. The summed E-state index contributed by atoms with van der Waals surface area (Å²) in [7, 11) is 0. The molecule has 1 heteroatoms. The van der Waals surface area contributed by atoms with Crippen LogP contribution in [0.25, 0.3) is 0 Å². The third-order valence-corrected chi connectivity index (χ3v) is 6.84. The molecule has 2 fully saturated rings. The molecule has 24 heavy (non-hydrogen) atoms. The minimum absolute atomic E-state index is 0.0945. The maximum absolute atomic E-state index is 13.2. The largest absolute Gasteiger partial charge is 0.207 e. The highest BCUT2D eigenvalue weighted by Gasteiger charge is 2.29. The molecule has 0 radical (unpaired) electrons. The van der Waals surface area contributed by atoms with Gasteiger partial charge in [-0.05, 0) is 79.9 Å². The van der Waals surface area contributed by atoms with Gasteiger partial charge in [-0.2, -0.15) is 0 Å². The molecule has 3 rings (SSSR count). The fraction of sp³-hybridized carbons (Fsp3) is 0.739. The van der Waals surface area contributed by atoms with Gasteiger partial charge in [0.05, 0.1) is 0 Å². The topological polar surface area (TPSA) is 0 Å². The molecule has 2 aliphatic carbocycles. The van der Waals surface area contributed by atoms with Gasteiger partial charge < -0.3 is 0 Å². The van der Waals surface area contributed by atoms with Crippen LogP contribution in [0.4, 0.5) is 4.39 Å². The zero-order valence-corrected chi connectivity index (χ0v) is 15.5. The van der Waals surface area contributed by atoms with Crippen molar-refractivity contribution in [3.05, 3.63) is 35.6 Å². The fourth-order valence-electron chi connectivity index (χ4n) is 5.16. The molecule has 0 unspecified atom stereocenters. The number of rotatable bonds is 6. The Morgan fingerprint density at radius 2 is 1.54 bits per heavy atom. The molecule has 0 bridgehead atoms. The smallest absolute Gasteiger partial charge is 0.123 e. The Morgan fingerprint density at radius 3 is 2.21 bits per heavy atom.